The summed E-state index contributed by atoms with van der Waals surface area (Å²) < 4.78 is 8.68. The van der Waals surface area contributed by atoms with Crippen molar-refractivity contribution in [3.63, 3.8) is 0 Å². The molecular weight excluding hydrogens is 370 g/mol. The summed E-state index contributed by atoms with van der Waals surface area (Å²) in [5.41, 5.74) is 2.39. The Morgan fingerprint density at radius 2 is 2.17 bits per heavy atom. The van der Waals surface area contributed by atoms with Gasteiger partial charge in [0.2, 0.25) is 0 Å². The molecule has 1 saturated heterocycles. The first-order valence-corrected chi connectivity index (χ1v) is 8.90. The lowest BCUT2D eigenvalue weighted by molar-refractivity contribution is -0.0366. The fourth-order valence-electron chi connectivity index (χ4n) is 3.11. The number of fused-ring (bicyclic) bond motifs is 1. The van der Waals surface area contributed by atoms with Crippen LogP contribution < -0.4 is 0 Å². The second-order valence-electron chi connectivity index (χ2n) is 6.03. The van der Waals surface area contributed by atoms with E-state index in [0.717, 1.165) is 46.8 Å². The van der Waals surface area contributed by atoms with Crippen LogP contribution in [0.1, 0.15) is 42.9 Å². The molecule has 24 heavy (non-hydrogen) atoms. The molecule has 0 saturated carbocycles. The Hall–Kier alpha value is -1.76. The maximum Gasteiger partial charge on any atom is 0.150 e. The number of hydrogen-bond acceptors (Lipinski definition) is 4. The van der Waals surface area contributed by atoms with Crippen LogP contribution >= 0.6 is 15.9 Å². The molecule has 0 radical (unpaired) electrons. The van der Waals surface area contributed by atoms with Crippen LogP contribution in [-0.4, -0.2) is 26.5 Å². The molecule has 1 aromatic carbocycles. The van der Waals surface area contributed by atoms with Crippen LogP contribution in [0.15, 0.2) is 47.2 Å². The van der Waals surface area contributed by atoms with E-state index in [9.17, 15) is 5.11 Å². The molecule has 3 aromatic rings. The van der Waals surface area contributed by atoms with Crippen molar-refractivity contribution in [2.75, 3.05) is 6.61 Å². The van der Waals surface area contributed by atoms with Gasteiger partial charge in [0.1, 0.15) is 6.10 Å². The third kappa shape index (κ3) is 2.97. The Bertz CT molecular complexity index is 858. The van der Waals surface area contributed by atoms with Gasteiger partial charge in [-0.25, -0.2) is 4.68 Å². The maximum atomic E-state index is 10.7. The van der Waals surface area contributed by atoms with E-state index in [0.29, 0.717) is 5.69 Å². The van der Waals surface area contributed by atoms with Gasteiger partial charge in [-0.2, -0.15) is 5.10 Å². The number of rotatable bonds is 3. The van der Waals surface area contributed by atoms with E-state index in [1.165, 1.54) is 0 Å². The predicted octanol–water partition coefficient (Wildman–Crippen LogP) is 3.97. The minimum atomic E-state index is -0.775. The minimum Gasteiger partial charge on any atom is -0.382 e. The summed E-state index contributed by atoms with van der Waals surface area (Å²) >= 11 is 3.42. The van der Waals surface area contributed by atoms with Gasteiger partial charge in [-0.1, -0.05) is 28.1 Å². The smallest absolute Gasteiger partial charge is 0.150 e. The van der Waals surface area contributed by atoms with E-state index in [2.05, 4.69) is 26.0 Å². The first-order valence-electron chi connectivity index (χ1n) is 8.11. The van der Waals surface area contributed by atoms with E-state index in [1.54, 1.807) is 6.20 Å². The number of hydrogen-bond donors (Lipinski definition) is 1. The van der Waals surface area contributed by atoms with E-state index in [1.807, 2.05) is 41.2 Å². The zero-order chi connectivity index (χ0) is 16.5. The van der Waals surface area contributed by atoms with Crippen LogP contribution in [0.4, 0.5) is 0 Å². The molecule has 2 unspecified atom stereocenters. The Balaban J connectivity index is 1.71. The van der Waals surface area contributed by atoms with Crippen LogP contribution in [0.3, 0.4) is 0 Å². The van der Waals surface area contributed by atoms with Gasteiger partial charge in [0.25, 0.3) is 0 Å². The summed E-state index contributed by atoms with van der Waals surface area (Å²) in [5, 5.41) is 16.2. The van der Waals surface area contributed by atoms with Gasteiger partial charge >= 0.3 is 0 Å². The van der Waals surface area contributed by atoms with E-state index < -0.39 is 6.10 Å². The molecule has 1 aliphatic heterocycles. The van der Waals surface area contributed by atoms with E-state index in [-0.39, 0.29) is 6.23 Å². The minimum absolute atomic E-state index is 0.0207. The van der Waals surface area contributed by atoms with Gasteiger partial charge in [0.05, 0.1) is 17.4 Å². The summed E-state index contributed by atoms with van der Waals surface area (Å²) in [4.78, 5) is 4.27. The summed E-state index contributed by atoms with van der Waals surface area (Å²) in [7, 11) is 0. The molecule has 1 aliphatic rings. The van der Waals surface area contributed by atoms with Crippen LogP contribution in [-0.2, 0) is 4.74 Å². The van der Waals surface area contributed by atoms with Crippen molar-refractivity contribution in [2.45, 2.75) is 31.6 Å². The first-order chi connectivity index (χ1) is 11.7. The van der Waals surface area contributed by atoms with Crippen molar-refractivity contribution in [2.24, 2.45) is 0 Å². The van der Waals surface area contributed by atoms with Crippen LogP contribution in [0, 0.1) is 0 Å². The molecule has 0 spiro atoms. The standard InChI is InChI=1S/C18H18BrN3O2/c19-14-6-7-20-15(10-14)18(23)12-4-5-13-11-21-22(16(13)9-12)17-3-1-2-8-24-17/h4-7,9-11,17-18,23H,1-3,8H2. The van der Waals surface area contributed by atoms with Crippen molar-refractivity contribution in [1.82, 2.24) is 14.8 Å². The van der Waals surface area contributed by atoms with Crippen LogP contribution in [0.5, 0.6) is 0 Å². The lowest BCUT2D eigenvalue weighted by Gasteiger charge is -2.23. The van der Waals surface area contributed by atoms with Crippen molar-refractivity contribution in [3.05, 3.63) is 58.5 Å². The van der Waals surface area contributed by atoms with E-state index >= 15 is 0 Å². The van der Waals surface area contributed by atoms with Crippen molar-refractivity contribution < 1.29 is 9.84 Å². The van der Waals surface area contributed by atoms with Gasteiger partial charge < -0.3 is 9.84 Å². The van der Waals surface area contributed by atoms with Gasteiger partial charge in [-0.3, -0.25) is 4.98 Å². The second kappa shape index (κ2) is 6.63. The fourth-order valence-corrected chi connectivity index (χ4v) is 3.47. The Morgan fingerprint density at radius 1 is 1.25 bits per heavy atom. The highest BCUT2D eigenvalue weighted by molar-refractivity contribution is 9.10. The largest absolute Gasteiger partial charge is 0.382 e. The summed E-state index contributed by atoms with van der Waals surface area (Å²) in [6.45, 7) is 0.774. The van der Waals surface area contributed by atoms with Gasteiger partial charge in [-0.05, 0) is 43.0 Å². The average molecular weight is 388 g/mol. The van der Waals surface area contributed by atoms with Gasteiger partial charge in [0.15, 0.2) is 6.23 Å². The number of ether oxygens (including phenoxy) is 1. The topological polar surface area (TPSA) is 60.2 Å². The fraction of sp³-hybridized carbons (Fsp3) is 0.333. The highest BCUT2D eigenvalue weighted by Gasteiger charge is 2.20. The number of benzene rings is 1. The summed E-state index contributed by atoms with van der Waals surface area (Å²) in [6, 6.07) is 9.56. The highest BCUT2D eigenvalue weighted by atomic mass is 79.9. The number of aliphatic hydroxyl groups is 1. The number of pyridine rings is 1. The summed E-state index contributed by atoms with van der Waals surface area (Å²) in [5.74, 6) is 0. The Morgan fingerprint density at radius 3 is 2.96 bits per heavy atom. The molecule has 0 bridgehead atoms. The number of halogens is 1. The Kier molecular flexibility index (Phi) is 4.35. The van der Waals surface area contributed by atoms with Crippen LogP contribution in [0.2, 0.25) is 0 Å². The monoisotopic (exact) mass is 387 g/mol. The predicted molar refractivity (Wildman–Crippen MR) is 94.6 cm³/mol. The number of nitrogens with zero attached hydrogens (tertiary/aromatic N) is 3. The molecule has 1 N–H and O–H groups in total. The number of aromatic nitrogens is 3. The SMILES string of the molecule is OC(c1ccc2cnn(C3CCCCO3)c2c1)c1cc(Br)ccn1. The molecule has 3 heterocycles. The van der Waals surface area contributed by atoms with Crippen LogP contribution in [0.25, 0.3) is 10.9 Å². The first kappa shape index (κ1) is 15.7. The molecule has 0 amide bonds. The second-order valence-corrected chi connectivity index (χ2v) is 6.95. The molecular formula is C18H18BrN3O2. The molecule has 5 nitrogen and oxygen atoms in total. The lowest BCUT2D eigenvalue weighted by atomic mass is 10.0. The zero-order valence-corrected chi connectivity index (χ0v) is 14.7. The molecule has 124 valence electrons. The lowest BCUT2D eigenvalue weighted by Crippen LogP contribution is -2.19. The Labute approximate surface area is 148 Å². The molecule has 0 aliphatic carbocycles. The van der Waals surface area contributed by atoms with Gasteiger partial charge in [0, 0.05) is 22.7 Å². The molecule has 4 rings (SSSR count). The highest BCUT2D eigenvalue weighted by Crippen LogP contribution is 2.29. The molecule has 2 atom stereocenters. The third-order valence-electron chi connectivity index (χ3n) is 4.39. The normalized spacial score (nSPS) is 19.5. The van der Waals surface area contributed by atoms with E-state index in [4.69, 9.17) is 4.74 Å². The number of aliphatic hydroxyl groups excluding tert-OH is 1. The van der Waals surface area contributed by atoms with Crippen molar-refractivity contribution in [1.29, 1.82) is 0 Å². The maximum absolute atomic E-state index is 10.7. The van der Waals surface area contributed by atoms with Crippen molar-refractivity contribution >= 4 is 26.8 Å². The third-order valence-corrected chi connectivity index (χ3v) is 4.88. The molecule has 1 fully saturated rings. The van der Waals surface area contributed by atoms with Gasteiger partial charge in [-0.15, -0.1) is 0 Å². The quantitative estimate of drug-likeness (QED) is 0.738. The average Bonchev–Trinajstić information content (AvgIpc) is 3.05. The summed E-state index contributed by atoms with van der Waals surface area (Å²) in [6.07, 6.45) is 5.96. The zero-order valence-electron chi connectivity index (χ0n) is 13.1. The molecule has 6 heteroatoms. The molecule has 2 aromatic heterocycles. The van der Waals surface area contributed by atoms with Crippen molar-refractivity contribution in [3.8, 4) is 0 Å².